The molecule has 0 atom stereocenters. The highest BCUT2D eigenvalue weighted by Crippen LogP contribution is 2.22. The lowest BCUT2D eigenvalue weighted by molar-refractivity contribution is -0.133. The number of hydrogen-bond donors (Lipinski definition) is 1. The van der Waals surface area contributed by atoms with Crippen molar-refractivity contribution in [1.82, 2.24) is 10.2 Å². The summed E-state index contributed by atoms with van der Waals surface area (Å²) in [4.78, 5) is 14.5. The van der Waals surface area contributed by atoms with Gasteiger partial charge in [0.15, 0.2) is 0 Å². The summed E-state index contributed by atoms with van der Waals surface area (Å²) in [7, 11) is 0. The van der Waals surface area contributed by atoms with Gasteiger partial charge in [-0.05, 0) is 57.3 Å². The number of hydrogen-bond acceptors (Lipinski definition) is 3. The number of ether oxygens (including phenoxy) is 1. The fraction of sp³-hybridized carbons (Fsp3) is 0.650. The summed E-state index contributed by atoms with van der Waals surface area (Å²) in [5.74, 6) is 2.01. The van der Waals surface area contributed by atoms with E-state index in [-0.39, 0.29) is 18.5 Å². The van der Waals surface area contributed by atoms with E-state index >= 15 is 0 Å². The lowest BCUT2D eigenvalue weighted by Crippen LogP contribution is -2.42. The molecule has 4 nitrogen and oxygen atoms in total. The molecule has 2 aliphatic heterocycles. The van der Waals surface area contributed by atoms with E-state index in [4.69, 9.17) is 4.74 Å². The zero-order valence-electron chi connectivity index (χ0n) is 15.2. The Morgan fingerprint density at radius 3 is 2.40 bits per heavy atom. The smallest absolute Gasteiger partial charge is 0.222 e. The summed E-state index contributed by atoms with van der Waals surface area (Å²) in [5.41, 5.74) is 1.25. The molecule has 0 radical (unpaired) electrons. The van der Waals surface area contributed by atoms with Gasteiger partial charge in [0.1, 0.15) is 11.9 Å². The Morgan fingerprint density at radius 1 is 1.12 bits per heavy atom. The lowest BCUT2D eigenvalue weighted by atomic mass is 9.93. The van der Waals surface area contributed by atoms with Crippen molar-refractivity contribution in [1.29, 1.82) is 0 Å². The molecule has 2 fully saturated rings. The Hall–Kier alpha value is -1.26. The monoisotopic (exact) mass is 366 g/mol. The molecule has 25 heavy (non-hydrogen) atoms. The van der Waals surface area contributed by atoms with E-state index in [1.807, 2.05) is 17.0 Å². The van der Waals surface area contributed by atoms with E-state index in [0.29, 0.717) is 12.3 Å². The molecule has 140 valence electrons. The molecular formula is C20H31ClN2O2. The maximum absolute atomic E-state index is 12.4. The first kappa shape index (κ1) is 20.1. The minimum atomic E-state index is 0. The summed E-state index contributed by atoms with van der Waals surface area (Å²) in [5, 5.41) is 3.38. The summed E-state index contributed by atoms with van der Waals surface area (Å²) < 4.78 is 6.05. The summed E-state index contributed by atoms with van der Waals surface area (Å²) in [6.45, 7) is 5.97. The van der Waals surface area contributed by atoms with Gasteiger partial charge in [0.25, 0.3) is 0 Å². The van der Waals surface area contributed by atoms with Gasteiger partial charge < -0.3 is 15.0 Å². The average Bonchev–Trinajstić information content (AvgIpc) is 2.63. The Kier molecular flexibility index (Phi) is 8.04. The zero-order chi connectivity index (χ0) is 16.8. The summed E-state index contributed by atoms with van der Waals surface area (Å²) in [6, 6.07) is 8.22. The van der Waals surface area contributed by atoms with Crippen LogP contribution >= 0.6 is 12.4 Å². The molecule has 0 aliphatic carbocycles. The fourth-order valence-electron chi connectivity index (χ4n) is 3.69. The maximum atomic E-state index is 12.4. The molecule has 1 N–H and O–H groups in total. The third-order valence-electron chi connectivity index (χ3n) is 5.34. The van der Waals surface area contributed by atoms with Crippen LogP contribution in [-0.4, -0.2) is 43.1 Å². The molecule has 1 aromatic carbocycles. The number of benzene rings is 1. The van der Waals surface area contributed by atoms with E-state index in [1.54, 1.807) is 0 Å². The van der Waals surface area contributed by atoms with Crippen LogP contribution < -0.4 is 10.1 Å². The van der Waals surface area contributed by atoms with E-state index in [2.05, 4.69) is 24.4 Å². The number of piperidine rings is 2. The first-order valence-electron chi connectivity index (χ1n) is 9.42. The van der Waals surface area contributed by atoms with Crippen molar-refractivity contribution in [2.24, 2.45) is 5.92 Å². The van der Waals surface area contributed by atoms with Crippen molar-refractivity contribution >= 4 is 18.3 Å². The molecule has 2 saturated heterocycles. The third-order valence-corrected chi connectivity index (χ3v) is 5.34. The van der Waals surface area contributed by atoms with E-state index < -0.39 is 0 Å². The lowest BCUT2D eigenvalue weighted by Gasteiger charge is -2.33. The number of aryl methyl sites for hydroxylation is 1. The fourth-order valence-corrected chi connectivity index (χ4v) is 3.69. The molecule has 0 unspecified atom stereocenters. The molecule has 2 aliphatic rings. The van der Waals surface area contributed by atoms with E-state index in [0.717, 1.165) is 57.1 Å². The van der Waals surface area contributed by atoms with Gasteiger partial charge in [-0.1, -0.05) is 17.7 Å². The summed E-state index contributed by atoms with van der Waals surface area (Å²) in [6.07, 6.45) is 6.33. The number of amides is 1. The summed E-state index contributed by atoms with van der Waals surface area (Å²) >= 11 is 0. The van der Waals surface area contributed by atoms with Gasteiger partial charge in [0, 0.05) is 32.4 Å². The molecular weight excluding hydrogens is 336 g/mol. The second kappa shape index (κ2) is 10.0. The standard InChI is InChI=1S/C20H30N2O2.ClH/c1-16-2-5-18(6-3-16)24-19-10-14-22(15-11-19)20(23)7-4-17-8-12-21-13-9-17;/h2-3,5-6,17,19,21H,4,7-15H2,1H3;1H. The quantitative estimate of drug-likeness (QED) is 0.866. The SMILES string of the molecule is Cc1ccc(OC2CCN(C(=O)CCC3CCNCC3)CC2)cc1.Cl. The van der Waals surface area contributed by atoms with Crippen LogP contribution in [0.4, 0.5) is 0 Å². The largest absolute Gasteiger partial charge is 0.490 e. The Balaban J connectivity index is 0.00000225. The minimum Gasteiger partial charge on any atom is -0.490 e. The van der Waals surface area contributed by atoms with Gasteiger partial charge in [0.05, 0.1) is 0 Å². The number of nitrogens with one attached hydrogen (secondary N) is 1. The van der Waals surface area contributed by atoms with Gasteiger partial charge in [-0.3, -0.25) is 4.79 Å². The Bertz CT molecular complexity index is 521. The molecule has 1 amide bonds. The molecule has 2 heterocycles. The number of likely N-dealkylation sites (tertiary alicyclic amines) is 1. The number of carbonyl (C=O) groups is 1. The molecule has 0 aromatic heterocycles. The molecule has 0 bridgehead atoms. The highest BCUT2D eigenvalue weighted by Gasteiger charge is 2.24. The van der Waals surface area contributed by atoms with Gasteiger partial charge in [-0.15, -0.1) is 12.4 Å². The highest BCUT2D eigenvalue weighted by atomic mass is 35.5. The first-order chi connectivity index (χ1) is 11.7. The number of carbonyl (C=O) groups excluding carboxylic acids is 1. The van der Waals surface area contributed by atoms with Crippen LogP contribution in [0.2, 0.25) is 0 Å². The maximum Gasteiger partial charge on any atom is 0.222 e. The van der Waals surface area contributed by atoms with Crippen LogP contribution in [0.3, 0.4) is 0 Å². The molecule has 0 saturated carbocycles. The van der Waals surface area contributed by atoms with Gasteiger partial charge in [-0.2, -0.15) is 0 Å². The van der Waals surface area contributed by atoms with Crippen molar-refractivity contribution in [2.75, 3.05) is 26.2 Å². The van der Waals surface area contributed by atoms with E-state index in [9.17, 15) is 4.79 Å². The molecule has 1 aromatic rings. The minimum absolute atomic E-state index is 0. The first-order valence-corrected chi connectivity index (χ1v) is 9.42. The number of rotatable bonds is 5. The number of halogens is 1. The molecule has 3 rings (SSSR count). The van der Waals surface area contributed by atoms with Crippen LogP contribution in [0.1, 0.15) is 44.1 Å². The third kappa shape index (κ3) is 6.19. The van der Waals surface area contributed by atoms with Crippen LogP contribution in [0.5, 0.6) is 5.75 Å². The molecule has 5 heteroatoms. The predicted molar refractivity (Wildman–Crippen MR) is 103 cm³/mol. The van der Waals surface area contributed by atoms with E-state index in [1.165, 1.54) is 18.4 Å². The van der Waals surface area contributed by atoms with Crippen LogP contribution in [0, 0.1) is 12.8 Å². The van der Waals surface area contributed by atoms with Crippen molar-refractivity contribution in [2.45, 2.75) is 51.6 Å². The van der Waals surface area contributed by atoms with Crippen molar-refractivity contribution in [3.63, 3.8) is 0 Å². The highest BCUT2D eigenvalue weighted by molar-refractivity contribution is 5.85. The second-order valence-corrected chi connectivity index (χ2v) is 7.24. The van der Waals surface area contributed by atoms with Crippen LogP contribution in [0.25, 0.3) is 0 Å². The van der Waals surface area contributed by atoms with Crippen LogP contribution in [-0.2, 0) is 4.79 Å². The normalized spacial score (nSPS) is 19.3. The van der Waals surface area contributed by atoms with Crippen molar-refractivity contribution < 1.29 is 9.53 Å². The zero-order valence-corrected chi connectivity index (χ0v) is 16.0. The van der Waals surface area contributed by atoms with Crippen LogP contribution in [0.15, 0.2) is 24.3 Å². The second-order valence-electron chi connectivity index (χ2n) is 7.24. The van der Waals surface area contributed by atoms with Gasteiger partial charge >= 0.3 is 0 Å². The topological polar surface area (TPSA) is 41.6 Å². The van der Waals surface area contributed by atoms with Crippen molar-refractivity contribution in [3.8, 4) is 5.75 Å². The predicted octanol–water partition coefficient (Wildman–Crippen LogP) is 3.57. The average molecular weight is 367 g/mol. The van der Waals surface area contributed by atoms with Gasteiger partial charge in [0.2, 0.25) is 5.91 Å². The Morgan fingerprint density at radius 2 is 1.76 bits per heavy atom. The van der Waals surface area contributed by atoms with Gasteiger partial charge in [-0.25, -0.2) is 0 Å². The molecule has 0 spiro atoms. The Labute approximate surface area is 157 Å². The number of nitrogens with zero attached hydrogens (tertiary/aromatic N) is 1. The van der Waals surface area contributed by atoms with Crippen molar-refractivity contribution in [3.05, 3.63) is 29.8 Å².